The zero-order chi connectivity index (χ0) is 14.4. The number of nitrogens with two attached hydrogens (primary N) is 1. The lowest BCUT2D eigenvalue weighted by Gasteiger charge is -2.09. The van der Waals surface area contributed by atoms with E-state index in [2.05, 4.69) is 74.5 Å². The minimum absolute atomic E-state index is 0. The van der Waals surface area contributed by atoms with Gasteiger partial charge in [-0.1, -0.05) is 80.6 Å². The second kappa shape index (κ2) is 8.66. The Bertz CT molecular complexity index is 544. The molecule has 0 fully saturated rings. The summed E-state index contributed by atoms with van der Waals surface area (Å²) in [5.41, 5.74) is 9.75. The molecular formula is C19H24ClN. The molecule has 1 atom stereocenters. The van der Waals surface area contributed by atoms with Crippen molar-refractivity contribution >= 4 is 18.5 Å². The van der Waals surface area contributed by atoms with E-state index in [1.165, 1.54) is 16.7 Å². The van der Waals surface area contributed by atoms with Gasteiger partial charge in [-0.05, 0) is 29.0 Å². The van der Waals surface area contributed by atoms with Crippen LogP contribution in [-0.4, -0.2) is 6.04 Å². The number of hydrogen-bond donors (Lipinski definition) is 1. The molecule has 0 radical (unpaired) electrons. The lowest BCUT2D eigenvalue weighted by molar-refractivity contribution is 0.547. The monoisotopic (exact) mass is 301 g/mol. The molecule has 2 rings (SSSR count). The Balaban J connectivity index is 0.00000220. The molecule has 0 amide bonds. The fourth-order valence-electron chi connectivity index (χ4n) is 2.27. The van der Waals surface area contributed by atoms with Crippen LogP contribution in [0.3, 0.4) is 0 Å². The van der Waals surface area contributed by atoms with Crippen LogP contribution in [0.2, 0.25) is 0 Å². The quantitative estimate of drug-likeness (QED) is 0.811. The first-order valence-electron chi connectivity index (χ1n) is 7.24. The van der Waals surface area contributed by atoms with E-state index >= 15 is 0 Å². The van der Waals surface area contributed by atoms with Gasteiger partial charge in [0.2, 0.25) is 0 Å². The van der Waals surface area contributed by atoms with Crippen LogP contribution in [0.5, 0.6) is 0 Å². The van der Waals surface area contributed by atoms with Crippen molar-refractivity contribution in [1.82, 2.24) is 0 Å². The summed E-state index contributed by atoms with van der Waals surface area (Å²) in [6.07, 6.45) is 5.23. The molecule has 2 heteroatoms. The lowest BCUT2D eigenvalue weighted by Crippen LogP contribution is -2.18. The summed E-state index contributed by atoms with van der Waals surface area (Å²) in [4.78, 5) is 0. The largest absolute Gasteiger partial charge is 0.324 e. The van der Waals surface area contributed by atoms with Crippen LogP contribution in [0.4, 0.5) is 0 Å². The van der Waals surface area contributed by atoms with Gasteiger partial charge in [0.05, 0.1) is 0 Å². The summed E-state index contributed by atoms with van der Waals surface area (Å²) in [7, 11) is 0. The van der Waals surface area contributed by atoms with Crippen molar-refractivity contribution in [2.75, 3.05) is 0 Å². The molecule has 1 nitrogen and oxygen atoms in total. The SMILES string of the molecule is CC(C)CC(N)C=Cc1ccc(-c2ccccc2)cc1.Cl. The molecule has 0 aliphatic rings. The summed E-state index contributed by atoms with van der Waals surface area (Å²) in [6.45, 7) is 4.39. The van der Waals surface area contributed by atoms with Crippen molar-refractivity contribution < 1.29 is 0 Å². The van der Waals surface area contributed by atoms with Gasteiger partial charge in [0, 0.05) is 6.04 Å². The second-order valence-electron chi connectivity index (χ2n) is 5.64. The first kappa shape index (κ1) is 17.5. The van der Waals surface area contributed by atoms with Crippen molar-refractivity contribution in [1.29, 1.82) is 0 Å². The highest BCUT2D eigenvalue weighted by atomic mass is 35.5. The molecule has 1 unspecified atom stereocenters. The molecule has 2 aromatic carbocycles. The van der Waals surface area contributed by atoms with E-state index in [1.807, 2.05) is 6.07 Å². The Morgan fingerprint density at radius 3 is 2.05 bits per heavy atom. The van der Waals surface area contributed by atoms with Crippen LogP contribution in [0.15, 0.2) is 60.7 Å². The summed E-state index contributed by atoms with van der Waals surface area (Å²) in [6, 6.07) is 19.2. The molecule has 21 heavy (non-hydrogen) atoms. The van der Waals surface area contributed by atoms with Gasteiger partial charge in [-0.25, -0.2) is 0 Å². The van der Waals surface area contributed by atoms with Crippen LogP contribution in [0.25, 0.3) is 17.2 Å². The van der Waals surface area contributed by atoms with Crippen LogP contribution in [0, 0.1) is 5.92 Å². The molecule has 2 N–H and O–H groups in total. The molecule has 0 saturated carbocycles. The number of halogens is 1. The maximum atomic E-state index is 6.06. The van der Waals surface area contributed by atoms with E-state index in [0.717, 1.165) is 6.42 Å². The third-order valence-corrected chi connectivity index (χ3v) is 3.30. The summed E-state index contributed by atoms with van der Waals surface area (Å²) in [5.74, 6) is 0.634. The van der Waals surface area contributed by atoms with Crippen molar-refractivity contribution in [3.63, 3.8) is 0 Å². The van der Waals surface area contributed by atoms with Gasteiger partial charge in [-0.15, -0.1) is 12.4 Å². The second-order valence-corrected chi connectivity index (χ2v) is 5.64. The molecule has 0 bridgehead atoms. The van der Waals surface area contributed by atoms with E-state index in [1.54, 1.807) is 0 Å². The third kappa shape index (κ3) is 5.74. The van der Waals surface area contributed by atoms with Crippen LogP contribution < -0.4 is 5.73 Å². The van der Waals surface area contributed by atoms with Gasteiger partial charge in [0.15, 0.2) is 0 Å². The predicted molar refractivity (Wildman–Crippen MR) is 95.6 cm³/mol. The number of rotatable bonds is 5. The maximum absolute atomic E-state index is 6.06. The smallest absolute Gasteiger partial charge is 0.0229 e. The normalized spacial score (nSPS) is 12.4. The predicted octanol–water partition coefficient (Wildman–Crippen LogP) is 5.16. The molecule has 2 aromatic rings. The van der Waals surface area contributed by atoms with Gasteiger partial charge in [0.1, 0.15) is 0 Å². The van der Waals surface area contributed by atoms with Crippen molar-refractivity contribution in [2.45, 2.75) is 26.3 Å². The summed E-state index contributed by atoms with van der Waals surface area (Å²) >= 11 is 0. The van der Waals surface area contributed by atoms with E-state index < -0.39 is 0 Å². The number of hydrogen-bond acceptors (Lipinski definition) is 1. The summed E-state index contributed by atoms with van der Waals surface area (Å²) < 4.78 is 0. The van der Waals surface area contributed by atoms with E-state index in [4.69, 9.17) is 5.73 Å². The maximum Gasteiger partial charge on any atom is 0.0229 e. The summed E-state index contributed by atoms with van der Waals surface area (Å²) in [5, 5.41) is 0. The highest BCUT2D eigenvalue weighted by Gasteiger charge is 2.01. The Morgan fingerprint density at radius 2 is 1.48 bits per heavy atom. The van der Waals surface area contributed by atoms with E-state index in [0.29, 0.717) is 5.92 Å². The van der Waals surface area contributed by atoms with Gasteiger partial charge in [-0.2, -0.15) is 0 Å². The highest BCUT2D eigenvalue weighted by Crippen LogP contribution is 2.19. The van der Waals surface area contributed by atoms with Crippen molar-refractivity contribution in [2.24, 2.45) is 11.7 Å². The van der Waals surface area contributed by atoms with Gasteiger partial charge < -0.3 is 5.73 Å². The Hall–Kier alpha value is -1.57. The van der Waals surface area contributed by atoms with Crippen molar-refractivity contribution in [3.8, 4) is 11.1 Å². The molecule has 112 valence electrons. The van der Waals surface area contributed by atoms with Gasteiger partial charge >= 0.3 is 0 Å². The average Bonchev–Trinajstić information content (AvgIpc) is 2.46. The van der Waals surface area contributed by atoms with Crippen LogP contribution in [0.1, 0.15) is 25.8 Å². The highest BCUT2D eigenvalue weighted by molar-refractivity contribution is 5.85. The van der Waals surface area contributed by atoms with Gasteiger partial charge in [-0.3, -0.25) is 0 Å². The lowest BCUT2D eigenvalue weighted by atomic mass is 10.0. The third-order valence-electron chi connectivity index (χ3n) is 3.30. The molecule has 0 spiro atoms. The molecule has 0 aliphatic carbocycles. The van der Waals surface area contributed by atoms with Gasteiger partial charge in [0.25, 0.3) is 0 Å². The zero-order valence-corrected chi connectivity index (χ0v) is 13.5. The standard InChI is InChI=1S/C19H23N.ClH/c1-15(2)14-19(20)13-10-16-8-11-18(12-9-16)17-6-4-3-5-7-17;/h3-13,15,19H,14,20H2,1-2H3;1H. The van der Waals surface area contributed by atoms with Crippen molar-refractivity contribution in [3.05, 3.63) is 66.2 Å². The number of benzene rings is 2. The fraction of sp³-hybridized carbons (Fsp3) is 0.263. The molecule has 0 aliphatic heterocycles. The molecule has 0 aromatic heterocycles. The Morgan fingerprint density at radius 1 is 0.905 bits per heavy atom. The average molecular weight is 302 g/mol. The Labute approximate surface area is 134 Å². The fourth-order valence-corrected chi connectivity index (χ4v) is 2.27. The minimum atomic E-state index is 0. The van der Waals surface area contributed by atoms with Crippen LogP contribution in [-0.2, 0) is 0 Å². The molecular weight excluding hydrogens is 278 g/mol. The molecule has 0 heterocycles. The minimum Gasteiger partial charge on any atom is -0.324 e. The van der Waals surface area contributed by atoms with E-state index in [-0.39, 0.29) is 18.4 Å². The van der Waals surface area contributed by atoms with E-state index in [9.17, 15) is 0 Å². The first-order chi connectivity index (χ1) is 9.65. The zero-order valence-electron chi connectivity index (χ0n) is 12.7. The Kier molecular flexibility index (Phi) is 7.21. The van der Waals surface area contributed by atoms with Crippen LogP contribution >= 0.6 is 12.4 Å². The topological polar surface area (TPSA) is 26.0 Å². The first-order valence-corrected chi connectivity index (χ1v) is 7.24. The molecule has 0 saturated heterocycles.